The minimum atomic E-state index is 0.648. The Morgan fingerprint density at radius 1 is 1.46 bits per heavy atom. The lowest BCUT2D eigenvalue weighted by Crippen LogP contribution is -2.37. The standard InChI is InChI=1S/C10H19N3/c1-2-12-7-5-9(8-12)13-6-3-4-10(13)11/h9,11H,2-8H2,1H3. The molecule has 1 N–H and O–H groups in total. The van der Waals surface area contributed by atoms with Crippen LogP contribution >= 0.6 is 0 Å². The molecule has 1 atom stereocenters. The highest BCUT2D eigenvalue weighted by atomic mass is 15.3. The highest BCUT2D eigenvalue weighted by molar-refractivity contribution is 5.81. The largest absolute Gasteiger partial charge is 0.356 e. The minimum absolute atomic E-state index is 0.648. The molecule has 2 aliphatic rings. The third-order valence-electron chi connectivity index (χ3n) is 3.29. The van der Waals surface area contributed by atoms with Crippen LogP contribution < -0.4 is 0 Å². The van der Waals surface area contributed by atoms with Crippen LogP contribution in [-0.2, 0) is 0 Å². The van der Waals surface area contributed by atoms with Crippen LogP contribution in [0.15, 0.2) is 0 Å². The zero-order valence-corrected chi connectivity index (χ0v) is 8.42. The molecule has 0 aromatic rings. The predicted octanol–water partition coefficient (Wildman–Crippen LogP) is 1.15. The van der Waals surface area contributed by atoms with Gasteiger partial charge in [0, 0.05) is 32.1 Å². The molecule has 0 saturated carbocycles. The Kier molecular flexibility index (Phi) is 2.54. The predicted molar refractivity (Wildman–Crippen MR) is 54.2 cm³/mol. The van der Waals surface area contributed by atoms with Crippen molar-refractivity contribution < 1.29 is 0 Å². The fourth-order valence-corrected chi connectivity index (χ4v) is 2.45. The summed E-state index contributed by atoms with van der Waals surface area (Å²) in [4.78, 5) is 4.80. The van der Waals surface area contributed by atoms with E-state index in [0.29, 0.717) is 6.04 Å². The summed E-state index contributed by atoms with van der Waals surface area (Å²) in [6, 6.07) is 0.648. The molecule has 0 spiro atoms. The van der Waals surface area contributed by atoms with Gasteiger partial charge in [0.2, 0.25) is 0 Å². The third-order valence-corrected chi connectivity index (χ3v) is 3.29. The van der Waals surface area contributed by atoms with E-state index in [2.05, 4.69) is 16.7 Å². The van der Waals surface area contributed by atoms with Gasteiger partial charge in [0.15, 0.2) is 0 Å². The number of amidine groups is 1. The molecule has 74 valence electrons. The number of nitrogens with one attached hydrogen (secondary N) is 1. The van der Waals surface area contributed by atoms with Gasteiger partial charge < -0.3 is 9.80 Å². The van der Waals surface area contributed by atoms with Crippen molar-refractivity contribution in [2.24, 2.45) is 0 Å². The lowest BCUT2D eigenvalue weighted by atomic mass is 10.2. The van der Waals surface area contributed by atoms with Crippen LogP contribution in [0.3, 0.4) is 0 Å². The Bertz CT molecular complexity index is 202. The smallest absolute Gasteiger partial charge is 0.0961 e. The highest BCUT2D eigenvalue weighted by Gasteiger charge is 2.30. The van der Waals surface area contributed by atoms with Crippen molar-refractivity contribution in [3.8, 4) is 0 Å². The van der Waals surface area contributed by atoms with E-state index in [1.807, 2.05) is 0 Å². The summed E-state index contributed by atoms with van der Waals surface area (Å²) in [6.07, 6.45) is 3.46. The summed E-state index contributed by atoms with van der Waals surface area (Å²) in [6.45, 7) is 6.92. The second-order valence-corrected chi connectivity index (χ2v) is 4.08. The topological polar surface area (TPSA) is 30.3 Å². The van der Waals surface area contributed by atoms with Crippen molar-refractivity contribution in [1.82, 2.24) is 9.80 Å². The first-order chi connectivity index (χ1) is 6.31. The maximum absolute atomic E-state index is 7.80. The lowest BCUT2D eigenvalue weighted by molar-refractivity contribution is 0.298. The van der Waals surface area contributed by atoms with Crippen molar-refractivity contribution in [2.45, 2.75) is 32.2 Å². The van der Waals surface area contributed by atoms with E-state index in [0.717, 1.165) is 25.3 Å². The number of hydrogen-bond donors (Lipinski definition) is 1. The van der Waals surface area contributed by atoms with Crippen molar-refractivity contribution in [3.63, 3.8) is 0 Å². The van der Waals surface area contributed by atoms with Crippen LogP contribution in [0.1, 0.15) is 26.2 Å². The average molecular weight is 181 g/mol. The Balaban J connectivity index is 1.91. The molecule has 0 aromatic heterocycles. The van der Waals surface area contributed by atoms with Crippen LogP contribution in [0.4, 0.5) is 0 Å². The van der Waals surface area contributed by atoms with Crippen molar-refractivity contribution in [2.75, 3.05) is 26.2 Å². The number of likely N-dealkylation sites (N-methyl/N-ethyl adjacent to an activating group) is 1. The van der Waals surface area contributed by atoms with E-state index in [-0.39, 0.29) is 0 Å². The third kappa shape index (κ3) is 1.70. The number of rotatable bonds is 2. The zero-order valence-electron chi connectivity index (χ0n) is 8.42. The van der Waals surface area contributed by atoms with Gasteiger partial charge in [-0.25, -0.2) is 0 Å². The molecule has 2 fully saturated rings. The molecule has 0 bridgehead atoms. The van der Waals surface area contributed by atoms with Crippen molar-refractivity contribution >= 4 is 5.84 Å². The molecule has 2 saturated heterocycles. The summed E-state index contributed by atoms with van der Waals surface area (Å²) in [5.74, 6) is 0.878. The average Bonchev–Trinajstić information content (AvgIpc) is 2.71. The van der Waals surface area contributed by atoms with Gasteiger partial charge in [-0.1, -0.05) is 6.92 Å². The molecule has 2 heterocycles. The normalized spacial score (nSPS) is 30.4. The van der Waals surface area contributed by atoms with Gasteiger partial charge in [0.25, 0.3) is 0 Å². The van der Waals surface area contributed by atoms with Crippen LogP contribution in [-0.4, -0.2) is 47.9 Å². The molecule has 0 radical (unpaired) electrons. The summed E-state index contributed by atoms with van der Waals surface area (Å²) in [5, 5.41) is 7.80. The second-order valence-electron chi connectivity index (χ2n) is 4.08. The van der Waals surface area contributed by atoms with Gasteiger partial charge >= 0.3 is 0 Å². The Morgan fingerprint density at radius 2 is 2.31 bits per heavy atom. The Labute approximate surface area is 80.2 Å². The summed E-state index contributed by atoms with van der Waals surface area (Å²) < 4.78 is 0. The Hall–Kier alpha value is -0.570. The molecule has 2 aliphatic heterocycles. The molecular formula is C10H19N3. The van der Waals surface area contributed by atoms with E-state index >= 15 is 0 Å². The molecule has 3 nitrogen and oxygen atoms in total. The molecule has 0 aliphatic carbocycles. The molecule has 0 aromatic carbocycles. The van der Waals surface area contributed by atoms with Crippen molar-refractivity contribution in [1.29, 1.82) is 5.41 Å². The minimum Gasteiger partial charge on any atom is -0.356 e. The monoisotopic (exact) mass is 181 g/mol. The second kappa shape index (κ2) is 3.66. The van der Waals surface area contributed by atoms with Crippen LogP contribution in [0, 0.1) is 5.41 Å². The maximum atomic E-state index is 7.80. The van der Waals surface area contributed by atoms with E-state index in [1.165, 1.54) is 25.9 Å². The first-order valence-electron chi connectivity index (χ1n) is 5.37. The van der Waals surface area contributed by atoms with E-state index in [1.54, 1.807) is 0 Å². The van der Waals surface area contributed by atoms with Crippen LogP contribution in [0.5, 0.6) is 0 Å². The quantitative estimate of drug-likeness (QED) is 0.692. The van der Waals surface area contributed by atoms with Gasteiger partial charge in [0.1, 0.15) is 0 Å². The molecular weight excluding hydrogens is 162 g/mol. The van der Waals surface area contributed by atoms with Gasteiger partial charge in [0.05, 0.1) is 5.84 Å². The molecule has 3 heteroatoms. The highest BCUT2D eigenvalue weighted by Crippen LogP contribution is 2.21. The summed E-state index contributed by atoms with van der Waals surface area (Å²) in [5.41, 5.74) is 0. The number of likely N-dealkylation sites (tertiary alicyclic amines) is 2. The van der Waals surface area contributed by atoms with Crippen LogP contribution in [0.2, 0.25) is 0 Å². The molecule has 2 rings (SSSR count). The molecule has 13 heavy (non-hydrogen) atoms. The van der Waals surface area contributed by atoms with E-state index in [9.17, 15) is 0 Å². The lowest BCUT2D eigenvalue weighted by Gasteiger charge is -2.25. The number of hydrogen-bond acceptors (Lipinski definition) is 2. The Morgan fingerprint density at radius 3 is 2.85 bits per heavy atom. The van der Waals surface area contributed by atoms with Crippen molar-refractivity contribution in [3.05, 3.63) is 0 Å². The summed E-state index contributed by atoms with van der Waals surface area (Å²) >= 11 is 0. The molecule has 0 amide bonds. The fraction of sp³-hybridized carbons (Fsp3) is 0.900. The first-order valence-corrected chi connectivity index (χ1v) is 5.37. The van der Waals surface area contributed by atoms with Gasteiger partial charge in [-0.05, 0) is 19.4 Å². The zero-order chi connectivity index (χ0) is 9.26. The summed E-state index contributed by atoms with van der Waals surface area (Å²) in [7, 11) is 0. The molecule has 1 unspecified atom stereocenters. The fourth-order valence-electron chi connectivity index (χ4n) is 2.45. The SMILES string of the molecule is CCN1CCC(N2CCCC2=N)C1. The van der Waals surface area contributed by atoms with E-state index < -0.39 is 0 Å². The maximum Gasteiger partial charge on any atom is 0.0961 e. The first kappa shape index (κ1) is 9.00. The van der Waals surface area contributed by atoms with Gasteiger partial charge in [-0.3, -0.25) is 5.41 Å². The van der Waals surface area contributed by atoms with E-state index in [4.69, 9.17) is 5.41 Å². The van der Waals surface area contributed by atoms with Gasteiger partial charge in [-0.15, -0.1) is 0 Å². The number of nitrogens with zero attached hydrogens (tertiary/aromatic N) is 2. The van der Waals surface area contributed by atoms with Gasteiger partial charge in [-0.2, -0.15) is 0 Å². The van der Waals surface area contributed by atoms with Crippen LogP contribution in [0.25, 0.3) is 0 Å².